The molecule has 7 heteroatoms. The van der Waals surface area contributed by atoms with Crippen LogP contribution in [0.5, 0.6) is 0 Å². The van der Waals surface area contributed by atoms with E-state index in [2.05, 4.69) is 0 Å². The van der Waals surface area contributed by atoms with Crippen LogP contribution < -0.4 is 0 Å². The summed E-state index contributed by atoms with van der Waals surface area (Å²) in [7, 11) is -3.97. The van der Waals surface area contributed by atoms with Crippen molar-refractivity contribution in [2.75, 3.05) is 6.61 Å². The van der Waals surface area contributed by atoms with Gasteiger partial charge in [0.05, 0.1) is 17.6 Å². The van der Waals surface area contributed by atoms with Crippen LogP contribution in [0.25, 0.3) is 0 Å². The number of carbonyl (C=O) groups excluding carboxylic acids is 1. The molecule has 1 fully saturated rings. The standard InChI is InChI=1S/C19H16FNO4S/c1-2-25-18(22)19(12-21)16(13-8-10-14(20)11-9-13)17(19)26(23,24)15-6-4-3-5-7-15/h3-11,16-17H,2H2,1H3/t16-,17-,19-/m1/s1. The van der Waals surface area contributed by atoms with Gasteiger partial charge in [-0.05, 0) is 36.8 Å². The zero-order valence-corrected chi connectivity index (χ0v) is 14.7. The molecular weight excluding hydrogens is 357 g/mol. The molecule has 1 aliphatic rings. The summed E-state index contributed by atoms with van der Waals surface area (Å²) >= 11 is 0. The molecule has 0 amide bonds. The van der Waals surface area contributed by atoms with E-state index in [0.29, 0.717) is 5.56 Å². The quantitative estimate of drug-likeness (QED) is 0.753. The SMILES string of the molecule is CCOC(=O)[C@]1(C#N)[C@H](c2ccc(F)cc2)[C@H]1S(=O)(=O)c1ccccc1. The number of hydrogen-bond donors (Lipinski definition) is 0. The lowest BCUT2D eigenvalue weighted by atomic mass is 10.0. The Morgan fingerprint density at radius 2 is 1.81 bits per heavy atom. The Hall–Kier alpha value is -2.72. The molecule has 5 nitrogen and oxygen atoms in total. The van der Waals surface area contributed by atoms with Crippen molar-refractivity contribution < 1.29 is 22.3 Å². The summed E-state index contributed by atoms with van der Waals surface area (Å²) < 4.78 is 44.4. The molecule has 26 heavy (non-hydrogen) atoms. The molecule has 2 aromatic carbocycles. The van der Waals surface area contributed by atoms with E-state index in [1.165, 1.54) is 36.4 Å². The van der Waals surface area contributed by atoms with Gasteiger partial charge in [0, 0.05) is 5.92 Å². The van der Waals surface area contributed by atoms with Crippen molar-refractivity contribution in [1.82, 2.24) is 0 Å². The van der Waals surface area contributed by atoms with Gasteiger partial charge in [0.1, 0.15) is 11.1 Å². The predicted molar refractivity (Wildman–Crippen MR) is 91.2 cm³/mol. The van der Waals surface area contributed by atoms with Gasteiger partial charge in [-0.1, -0.05) is 30.3 Å². The Bertz CT molecular complexity index is 967. The summed E-state index contributed by atoms with van der Waals surface area (Å²) in [6, 6.07) is 14.7. The molecule has 0 aliphatic heterocycles. The van der Waals surface area contributed by atoms with E-state index in [1.807, 2.05) is 6.07 Å². The third-order valence-electron chi connectivity index (χ3n) is 4.57. The van der Waals surface area contributed by atoms with Crippen LogP contribution in [0.15, 0.2) is 59.5 Å². The highest BCUT2D eigenvalue weighted by Crippen LogP contribution is 2.64. The fraction of sp³-hybridized carbons (Fsp3) is 0.263. The third kappa shape index (κ3) is 2.67. The lowest BCUT2D eigenvalue weighted by molar-refractivity contribution is -0.147. The zero-order chi connectivity index (χ0) is 18.9. The summed E-state index contributed by atoms with van der Waals surface area (Å²) in [4.78, 5) is 12.5. The number of esters is 1. The first-order valence-corrected chi connectivity index (χ1v) is 9.57. The van der Waals surface area contributed by atoms with E-state index in [4.69, 9.17) is 4.74 Å². The van der Waals surface area contributed by atoms with Crippen molar-refractivity contribution in [3.63, 3.8) is 0 Å². The Labute approximate surface area is 150 Å². The van der Waals surface area contributed by atoms with Crippen molar-refractivity contribution in [1.29, 1.82) is 5.26 Å². The predicted octanol–water partition coefficient (Wildman–Crippen LogP) is 2.84. The van der Waals surface area contributed by atoms with E-state index >= 15 is 0 Å². The second-order valence-electron chi connectivity index (χ2n) is 6.01. The molecule has 0 spiro atoms. The zero-order valence-electron chi connectivity index (χ0n) is 13.9. The molecule has 1 saturated carbocycles. The van der Waals surface area contributed by atoms with Crippen molar-refractivity contribution in [2.24, 2.45) is 5.41 Å². The van der Waals surface area contributed by atoms with Crippen LogP contribution in [0.2, 0.25) is 0 Å². The topological polar surface area (TPSA) is 84.2 Å². The van der Waals surface area contributed by atoms with Crippen LogP contribution in [0, 0.1) is 22.6 Å². The molecular formula is C19H16FNO4S. The first-order valence-electron chi connectivity index (χ1n) is 8.02. The van der Waals surface area contributed by atoms with Gasteiger partial charge in [-0.25, -0.2) is 12.8 Å². The number of nitriles is 1. The highest BCUT2D eigenvalue weighted by molar-refractivity contribution is 7.92. The minimum Gasteiger partial charge on any atom is -0.465 e. The minimum absolute atomic E-state index is 0.0243. The minimum atomic E-state index is -3.97. The number of ether oxygens (including phenoxy) is 1. The molecule has 3 atom stereocenters. The van der Waals surface area contributed by atoms with Gasteiger partial charge in [-0.2, -0.15) is 5.26 Å². The van der Waals surface area contributed by atoms with Crippen LogP contribution in [0.1, 0.15) is 18.4 Å². The monoisotopic (exact) mass is 373 g/mol. The van der Waals surface area contributed by atoms with Gasteiger partial charge in [-0.3, -0.25) is 4.79 Å². The molecule has 3 rings (SSSR count). The molecule has 0 bridgehead atoms. The number of sulfone groups is 1. The van der Waals surface area contributed by atoms with Crippen LogP contribution in [-0.4, -0.2) is 26.2 Å². The lowest BCUT2D eigenvalue weighted by Gasteiger charge is -2.09. The summed E-state index contributed by atoms with van der Waals surface area (Å²) in [5, 5.41) is 8.45. The molecule has 0 aromatic heterocycles. The highest BCUT2D eigenvalue weighted by atomic mass is 32.2. The summed E-state index contributed by atoms with van der Waals surface area (Å²) in [6.45, 7) is 1.61. The Morgan fingerprint density at radius 3 is 2.35 bits per heavy atom. The van der Waals surface area contributed by atoms with Gasteiger partial charge < -0.3 is 4.74 Å². The maximum atomic E-state index is 13.2. The number of nitrogens with zero attached hydrogens (tertiary/aromatic N) is 1. The first kappa shape index (κ1) is 18.1. The van der Waals surface area contributed by atoms with Crippen molar-refractivity contribution in [3.8, 4) is 6.07 Å². The van der Waals surface area contributed by atoms with E-state index in [0.717, 1.165) is 0 Å². The smallest absolute Gasteiger partial charge is 0.328 e. The van der Waals surface area contributed by atoms with Gasteiger partial charge in [0.25, 0.3) is 0 Å². The second-order valence-corrected chi connectivity index (χ2v) is 8.08. The van der Waals surface area contributed by atoms with Crippen molar-refractivity contribution in [3.05, 3.63) is 66.0 Å². The molecule has 0 N–H and O–H groups in total. The molecule has 2 aromatic rings. The Kier molecular flexibility index (Phi) is 4.55. The van der Waals surface area contributed by atoms with Gasteiger partial charge >= 0.3 is 5.97 Å². The third-order valence-corrected chi connectivity index (χ3v) is 6.81. The number of rotatable bonds is 5. The molecule has 0 unspecified atom stereocenters. The lowest BCUT2D eigenvalue weighted by Crippen LogP contribution is -2.25. The van der Waals surface area contributed by atoms with Crippen molar-refractivity contribution >= 4 is 15.8 Å². The van der Waals surface area contributed by atoms with Crippen molar-refractivity contribution in [2.45, 2.75) is 23.0 Å². The Morgan fingerprint density at radius 1 is 1.19 bits per heavy atom. The number of halogens is 1. The van der Waals surface area contributed by atoms with Crippen LogP contribution in [-0.2, 0) is 19.4 Å². The van der Waals surface area contributed by atoms with Crippen LogP contribution in [0.3, 0.4) is 0 Å². The van der Waals surface area contributed by atoms with Gasteiger partial charge in [0.2, 0.25) is 0 Å². The maximum Gasteiger partial charge on any atom is 0.328 e. The number of benzene rings is 2. The molecule has 0 radical (unpaired) electrons. The fourth-order valence-corrected chi connectivity index (χ4v) is 5.58. The second kappa shape index (κ2) is 6.54. The van der Waals surface area contributed by atoms with E-state index in [9.17, 15) is 22.9 Å². The maximum absolute atomic E-state index is 13.2. The molecule has 134 valence electrons. The van der Waals surface area contributed by atoms with Crippen LogP contribution in [0.4, 0.5) is 4.39 Å². The summed E-state index contributed by atoms with van der Waals surface area (Å²) in [5.41, 5.74) is -1.44. The number of hydrogen-bond acceptors (Lipinski definition) is 5. The summed E-state index contributed by atoms with van der Waals surface area (Å²) in [5.74, 6) is -2.28. The largest absolute Gasteiger partial charge is 0.465 e. The van der Waals surface area contributed by atoms with E-state index in [1.54, 1.807) is 25.1 Å². The fourth-order valence-electron chi connectivity index (χ4n) is 3.32. The van der Waals surface area contributed by atoms with Crippen LogP contribution >= 0.6 is 0 Å². The van der Waals surface area contributed by atoms with E-state index in [-0.39, 0.29) is 11.5 Å². The number of carbonyl (C=O) groups is 1. The summed E-state index contributed by atoms with van der Waals surface area (Å²) in [6.07, 6.45) is 0. The van der Waals surface area contributed by atoms with E-state index < -0.39 is 38.2 Å². The Balaban J connectivity index is 2.13. The molecule has 0 saturated heterocycles. The highest BCUT2D eigenvalue weighted by Gasteiger charge is 2.77. The molecule has 0 heterocycles. The molecule has 1 aliphatic carbocycles. The van der Waals surface area contributed by atoms with Gasteiger partial charge in [0.15, 0.2) is 15.3 Å². The normalized spacial score (nSPS) is 24.5. The first-order chi connectivity index (χ1) is 12.4. The average Bonchev–Trinajstić information content (AvgIpc) is 3.35. The average molecular weight is 373 g/mol. The van der Waals surface area contributed by atoms with Gasteiger partial charge in [-0.15, -0.1) is 0 Å².